The summed E-state index contributed by atoms with van der Waals surface area (Å²) in [4.78, 5) is 0. The van der Waals surface area contributed by atoms with Crippen LogP contribution in [0.4, 0.5) is 13.2 Å². The second-order valence-electron chi connectivity index (χ2n) is 7.28. The number of ether oxygens (including phenoxy) is 1. The third kappa shape index (κ3) is 4.29. The van der Waals surface area contributed by atoms with Crippen LogP contribution in [-0.2, 0) is 11.4 Å². The molecule has 0 spiro atoms. The molecule has 3 rings (SSSR count). The third-order valence-corrected chi connectivity index (χ3v) is 5.15. The van der Waals surface area contributed by atoms with Crippen LogP contribution >= 0.6 is 0 Å². The van der Waals surface area contributed by atoms with Crippen molar-refractivity contribution in [3.63, 3.8) is 0 Å². The Balaban J connectivity index is 1.79. The number of benzene rings is 2. The van der Waals surface area contributed by atoms with Gasteiger partial charge in [0, 0.05) is 6.61 Å². The average Bonchev–Trinajstić information content (AvgIpc) is 3.47. The summed E-state index contributed by atoms with van der Waals surface area (Å²) in [5.41, 5.74) is 1.69. The quantitative estimate of drug-likeness (QED) is 0.513. The van der Waals surface area contributed by atoms with Crippen LogP contribution in [0.5, 0.6) is 0 Å². The lowest BCUT2D eigenvalue weighted by Crippen LogP contribution is -2.12. The largest absolute Gasteiger partial charge is 0.373 e. The molecule has 1 aliphatic rings. The zero-order chi connectivity index (χ0) is 18.7. The summed E-state index contributed by atoms with van der Waals surface area (Å²) in [5.74, 6) is -0.613. The molecule has 1 fully saturated rings. The molecule has 2 unspecified atom stereocenters. The van der Waals surface area contributed by atoms with E-state index in [0.29, 0.717) is 23.0 Å². The summed E-state index contributed by atoms with van der Waals surface area (Å²) in [5, 5.41) is 0. The summed E-state index contributed by atoms with van der Waals surface area (Å²) < 4.78 is 46.5. The smallest absolute Gasteiger partial charge is 0.132 e. The van der Waals surface area contributed by atoms with Gasteiger partial charge >= 0.3 is 0 Å². The van der Waals surface area contributed by atoms with E-state index in [1.807, 2.05) is 24.3 Å². The summed E-state index contributed by atoms with van der Waals surface area (Å²) >= 11 is 0. The third-order valence-electron chi connectivity index (χ3n) is 5.15. The molecule has 0 aromatic heterocycles. The summed E-state index contributed by atoms with van der Waals surface area (Å²) in [7, 11) is 0. The number of hydrogen-bond donors (Lipinski definition) is 0. The van der Waals surface area contributed by atoms with E-state index in [4.69, 9.17) is 4.74 Å². The average molecular weight is 362 g/mol. The number of alkyl halides is 1. The molecule has 0 N–H and O–H groups in total. The van der Waals surface area contributed by atoms with Gasteiger partial charge < -0.3 is 4.74 Å². The lowest BCUT2D eigenvalue weighted by Gasteiger charge is -2.20. The molecule has 2 aromatic carbocycles. The van der Waals surface area contributed by atoms with E-state index in [1.165, 1.54) is 25.0 Å². The van der Waals surface area contributed by atoms with Crippen molar-refractivity contribution in [1.82, 2.24) is 0 Å². The summed E-state index contributed by atoms with van der Waals surface area (Å²) in [6.07, 6.45) is 3.52. The van der Waals surface area contributed by atoms with Crippen LogP contribution in [0.2, 0.25) is 0 Å². The molecule has 0 bridgehead atoms. The van der Waals surface area contributed by atoms with E-state index < -0.39 is 23.9 Å². The first kappa shape index (κ1) is 19.0. The summed E-state index contributed by atoms with van der Waals surface area (Å²) in [6, 6.07) is 10.00. The van der Waals surface area contributed by atoms with Crippen molar-refractivity contribution >= 4 is 0 Å². The minimum atomic E-state index is -1.15. The van der Waals surface area contributed by atoms with Crippen LogP contribution in [0.3, 0.4) is 0 Å². The second kappa shape index (κ2) is 8.26. The lowest BCUT2D eigenvalue weighted by atomic mass is 9.98. The molecule has 4 heteroatoms. The molecule has 2 aromatic rings. The maximum Gasteiger partial charge on any atom is 0.132 e. The molecule has 1 nitrogen and oxygen atoms in total. The maximum absolute atomic E-state index is 13.8. The Bertz CT molecular complexity index is 715. The molecular formula is C22H25F3O. The topological polar surface area (TPSA) is 9.23 Å². The maximum atomic E-state index is 13.8. The van der Waals surface area contributed by atoms with Gasteiger partial charge in [-0.25, -0.2) is 13.2 Å². The fraction of sp³-hybridized carbons (Fsp3) is 0.455. The first-order valence-corrected chi connectivity index (χ1v) is 9.29. The standard InChI is InChI=1S/C22H25F3O/c1-3-14(2)13-26-22(17-8-9-17)16-6-4-15(5-7-16)18-10-20(24)19(12-23)21(25)11-18/h4-7,10-11,14,17,22H,3,8-9,12-13H2,1-2H3. The highest BCUT2D eigenvalue weighted by Crippen LogP contribution is 2.44. The Kier molecular flexibility index (Phi) is 6.02. The van der Waals surface area contributed by atoms with Crippen molar-refractivity contribution in [3.8, 4) is 11.1 Å². The van der Waals surface area contributed by atoms with Crippen LogP contribution in [-0.4, -0.2) is 6.61 Å². The Morgan fingerprint density at radius 1 is 1.04 bits per heavy atom. The van der Waals surface area contributed by atoms with E-state index in [1.54, 1.807) is 0 Å². The van der Waals surface area contributed by atoms with Gasteiger partial charge in [-0.2, -0.15) is 0 Å². The molecule has 0 aliphatic heterocycles. The fourth-order valence-corrected chi connectivity index (χ4v) is 3.05. The van der Waals surface area contributed by atoms with Gasteiger partial charge in [0.05, 0.1) is 11.7 Å². The molecule has 140 valence electrons. The lowest BCUT2D eigenvalue weighted by molar-refractivity contribution is 0.0170. The highest BCUT2D eigenvalue weighted by atomic mass is 19.1. The van der Waals surface area contributed by atoms with Gasteiger partial charge in [0.15, 0.2) is 0 Å². The van der Waals surface area contributed by atoms with Crippen molar-refractivity contribution in [3.05, 3.63) is 59.2 Å². The SMILES string of the molecule is CCC(C)COC(c1ccc(-c2cc(F)c(CF)c(F)c2)cc1)C1CC1. The Hall–Kier alpha value is -1.81. The van der Waals surface area contributed by atoms with E-state index in [0.717, 1.165) is 18.6 Å². The minimum absolute atomic E-state index is 0.0837. The first-order valence-electron chi connectivity index (χ1n) is 9.29. The second-order valence-corrected chi connectivity index (χ2v) is 7.28. The van der Waals surface area contributed by atoms with Crippen molar-refractivity contribution in [1.29, 1.82) is 0 Å². The van der Waals surface area contributed by atoms with Crippen LogP contribution < -0.4 is 0 Å². The van der Waals surface area contributed by atoms with E-state index in [-0.39, 0.29) is 6.10 Å². The monoisotopic (exact) mass is 362 g/mol. The first-order chi connectivity index (χ1) is 12.5. The predicted octanol–water partition coefficient (Wildman–Crippen LogP) is 6.62. The highest BCUT2D eigenvalue weighted by Gasteiger charge is 2.33. The van der Waals surface area contributed by atoms with Crippen LogP contribution in [0.25, 0.3) is 11.1 Å². The van der Waals surface area contributed by atoms with Gasteiger partial charge in [-0.3, -0.25) is 0 Å². The molecule has 26 heavy (non-hydrogen) atoms. The van der Waals surface area contributed by atoms with Crippen LogP contribution in [0, 0.1) is 23.5 Å². The van der Waals surface area contributed by atoms with Crippen molar-refractivity contribution < 1.29 is 17.9 Å². The van der Waals surface area contributed by atoms with E-state index in [9.17, 15) is 13.2 Å². The predicted molar refractivity (Wildman–Crippen MR) is 97.5 cm³/mol. The molecule has 0 radical (unpaired) electrons. The zero-order valence-electron chi connectivity index (χ0n) is 15.3. The molecular weight excluding hydrogens is 337 g/mol. The number of halogens is 3. The van der Waals surface area contributed by atoms with Gasteiger partial charge in [-0.05, 0) is 53.5 Å². The van der Waals surface area contributed by atoms with E-state index >= 15 is 0 Å². The molecule has 1 saturated carbocycles. The normalized spacial score (nSPS) is 16.5. The Morgan fingerprint density at radius 2 is 1.65 bits per heavy atom. The molecule has 0 amide bonds. The van der Waals surface area contributed by atoms with Crippen molar-refractivity contribution in [2.24, 2.45) is 11.8 Å². The van der Waals surface area contributed by atoms with Crippen molar-refractivity contribution in [2.45, 2.75) is 45.9 Å². The molecule has 0 heterocycles. The van der Waals surface area contributed by atoms with Gasteiger partial charge in [-0.15, -0.1) is 0 Å². The van der Waals surface area contributed by atoms with Crippen molar-refractivity contribution in [2.75, 3.05) is 6.61 Å². The van der Waals surface area contributed by atoms with Gasteiger partial charge in [0.2, 0.25) is 0 Å². The van der Waals surface area contributed by atoms with Gasteiger partial charge in [-0.1, -0.05) is 44.5 Å². The van der Waals surface area contributed by atoms with Gasteiger partial charge in [0.1, 0.15) is 18.3 Å². The summed E-state index contributed by atoms with van der Waals surface area (Å²) in [6.45, 7) is 3.92. The zero-order valence-corrected chi connectivity index (χ0v) is 15.3. The molecule has 1 aliphatic carbocycles. The van der Waals surface area contributed by atoms with E-state index in [2.05, 4.69) is 13.8 Å². The Labute approximate surface area is 153 Å². The van der Waals surface area contributed by atoms with Crippen LogP contribution in [0.15, 0.2) is 36.4 Å². The number of rotatable bonds is 8. The van der Waals surface area contributed by atoms with Crippen LogP contribution in [0.1, 0.15) is 50.3 Å². The Morgan fingerprint density at radius 3 is 2.15 bits per heavy atom. The number of hydrogen-bond acceptors (Lipinski definition) is 1. The molecule has 0 saturated heterocycles. The molecule has 2 atom stereocenters. The fourth-order valence-electron chi connectivity index (χ4n) is 3.05. The minimum Gasteiger partial charge on any atom is -0.373 e. The highest BCUT2D eigenvalue weighted by molar-refractivity contribution is 5.64. The van der Waals surface area contributed by atoms with Gasteiger partial charge in [0.25, 0.3) is 0 Å².